The summed E-state index contributed by atoms with van der Waals surface area (Å²) in [6.07, 6.45) is 0. The van der Waals surface area contributed by atoms with Gasteiger partial charge in [-0.15, -0.1) is 0 Å². The number of nitriles is 1. The second-order valence-corrected chi connectivity index (χ2v) is 0.329. The van der Waals surface area contributed by atoms with Gasteiger partial charge < -0.3 is 10.6 Å². The van der Waals surface area contributed by atoms with Gasteiger partial charge in [-0.1, -0.05) is 0 Å². The molecule has 0 unspecified atom stereocenters. The minimum atomic E-state index is -0.250. The molecule has 0 aliphatic rings. The molecule has 0 aromatic rings. The van der Waals surface area contributed by atoms with E-state index in [-0.39, 0.29) is 11.9 Å². The third-order valence-electron chi connectivity index (χ3n) is 0. The Labute approximate surface area is 41.3 Å². The van der Waals surface area contributed by atoms with E-state index in [0.29, 0.717) is 0 Å². The van der Waals surface area contributed by atoms with Gasteiger partial charge in [-0.25, -0.2) is 0 Å². The molecule has 0 rings (SSSR count). The van der Waals surface area contributed by atoms with Crippen LogP contribution in [0.3, 0.4) is 0 Å². The zero-order chi connectivity index (χ0) is 5.41. The molecule has 0 amide bonds. The van der Waals surface area contributed by atoms with Crippen LogP contribution in [0.1, 0.15) is 6.92 Å². The summed E-state index contributed by atoms with van der Waals surface area (Å²) in [5.41, 5.74) is 0. The van der Waals surface area contributed by atoms with E-state index in [9.17, 15) is 0 Å². The monoisotopic (exact) mass is 105 g/mol. The van der Waals surface area contributed by atoms with E-state index in [1.54, 1.807) is 6.07 Å². The molecule has 0 saturated carbocycles. The Morgan fingerprint density at radius 2 is 1.86 bits per heavy atom. The van der Waals surface area contributed by atoms with Crippen LogP contribution in [0.2, 0.25) is 0 Å². The molecule has 0 aliphatic heterocycles. The average molecular weight is 105 g/mol. The van der Waals surface area contributed by atoms with Crippen LogP contribution in [-0.2, 0) is 4.79 Å². The first-order valence-corrected chi connectivity index (χ1v) is 1.22. The highest BCUT2D eigenvalue weighted by molar-refractivity contribution is 5.32. The molecular weight excluding hydrogens is 98.0 g/mol. The number of carboxylic acid groups (broad SMARTS) is 1. The van der Waals surface area contributed by atoms with Crippen molar-refractivity contribution in [3.8, 4) is 6.07 Å². The summed E-state index contributed by atoms with van der Waals surface area (Å²) >= 11 is 0. The minimum absolute atomic E-state index is 0. The first-order valence-electron chi connectivity index (χ1n) is 1.22. The fourth-order valence-electron chi connectivity index (χ4n) is 0. The normalized spacial score (nSPS) is 2.86. The number of rotatable bonds is 0. The molecule has 3 N–H and O–H groups in total. The van der Waals surface area contributed by atoms with Gasteiger partial charge in [0.25, 0.3) is 6.47 Å². The molecule has 0 heterocycles. The van der Waals surface area contributed by atoms with E-state index in [0.717, 1.165) is 0 Å². The van der Waals surface area contributed by atoms with Gasteiger partial charge in [-0.3, -0.25) is 4.79 Å². The molecule has 4 heteroatoms. The SMILES string of the molecule is CC#N.O.O=CO. The molecular formula is C3H7NO3. The van der Waals surface area contributed by atoms with Gasteiger partial charge in [0.05, 0.1) is 6.07 Å². The van der Waals surface area contributed by atoms with Crippen molar-refractivity contribution in [1.29, 1.82) is 5.26 Å². The van der Waals surface area contributed by atoms with Crippen LogP contribution in [0.15, 0.2) is 0 Å². The summed E-state index contributed by atoms with van der Waals surface area (Å²) in [7, 11) is 0. The molecule has 42 valence electrons. The van der Waals surface area contributed by atoms with Gasteiger partial charge in [0.1, 0.15) is 0 Å². The van der Waals surface area contributed by atoms with Gasteiger partial charge in [-0.05, 0) is 0 Å². The summed E-state index contributed by atoms with van der Waals surface area (Å²) in [6.45, 7) is 1.18. The fraction of sp³-hybridized carbons (Fsp3) is 0.333. The lowest BCUT2D eigenvalue weighted by atomic mass is 11.0. The Kier molecular flexibility index (Phi) is 214. The van der Waals surface area contributed by atoms with E-state index in [2.05, 4.69) is 0 Å². The van der Waals surface area contributed by atoms with Crippen LogP contribution in [0.4, 0.5) is 0 Å². The van der Waals surface area contributed by atoms with Crippen molar-refractivity contribution in [3.05, 3.63) is 0 Å². The first kappa shape index (κ1) is 16.8. The highest BCUT2D eigenvalue weighted by atomic mass is 16.3. The molecule has 0 aromatic heterocycles. The molecule has 0 saturated heterocycles. The molecule has 4 nitrogen and oxygen atoms in total. The topological polar surface area (TPSA) is 92.6 Å². The molecule has 0 radical (unpaired) electrons. The predicted molar refractivity (Wildman–Crippen MR) is 23.6 cm³/mol. The summed E-state index contributed by atoms with van der Waals surface area (Å²) in [5.74, 6) is 0. The van der Waals surface area contributed by atoms with Crippen LogP contribution < -0.4 is 0 Å². The zero-order valence-corrected chi connectivity index (χ0v) is 3.88. The standard InChI is InChI=1S/C2H3N.CH2O2.H2O/c1-2-3;2-1-3;/h1H3;1H,(H,2,3);1H2. The smallest absolute Gasteiger partial charge is 0.290 e. The third kappa shape index (κ3) is 36.0. The summed E-state index contributed by atoms with van der Waals surface area (Å²) in [4.78, 5) is 8.36. The molecule has 7 heavy (non-hydrogen) atoms. The summed E-state index contributed by atoms with van der Waals surface area (Å²) < 4.78 is 0. The van der Waals surface area contributed by atoms with E-state index in [1.807, 2.05) is 0 Å². The maximum Gasteiger partial charge on any atom is 0.290 e. The highest BCUT2D eigenvalue weighted by Crippen LogP contribution is 1.21. The Bertz CT molecular complexity index is 55.7. The lowest BCUT2D eigenvalue weighted by Crippen LogP contribution is -1.49. The quantitative estimate of drug-likeness (QED) is 0.417. The first-order chi connectivity index (χ1) is 2.83. The van der Waals surface area contributed by atoms with Crippen LogP contribution in [0, 0.1) is 11.3 Å². The maximum atomic E-state index is 8.36. The second kappa shape index (κ2) is 89.3. The second-order valence-electron chi connectivity index (χ2n) is 0.329. The lowest BCUT2D eigenvalue weighted by Gasteiger charge is -1.34. The lowest BCUT2D eigenvalue weighted by molar-refractivity contribution is -0.122. The number of carbonyl (C=O) groups is 1. The molecule has 0 spiro atoms. The van der Waals surface area contributed by atoms with Gasteiger partial charge in [0, 0.05) is 6.92 Å². The highest BCUT2D eigenvalue weighted by Gasteiger charge is 1.22. The van der Waals surface area contributed by atoms with Crippen LogP contribution in [0.25, 0.3) is 0 Å². The van der Waals surface area contributed by atoms with E-state index < -0.39 is 0 Å². The fourth-order valence-corrected chi connectivity index (χ4v) is 0. The van der Waals surface area contributed by atoms with Crippen molar-refractivity contribution in [1.82, 2.24) is 0 Å². The van der Waals surface area contributed by atoms with E-state index in [1.165, 1.54) is 6.92 Å². The number of hydrogen-bond acceptors (Lipinski definition) is 2. The summed E-state index contributed by atoms with van der Waals surface area (Å²) in [6, 6.07) is 1.75. The van der Waals surface area contributed by atoms with Gasteiger partial charge in [0.15, 0.2) is 0 Å². The molecule has 0 aromatic carbocycles. The number of hydrogen-bond donors (Lipinski definition) is 1. The van der Waals surface area contributed by atoms with Crippen LogP contribution in [0.5, 0.6) is 0 Å². The van der Waals surface area contributed by atoms with Crippen molar-refractivity contribution in [2.75, 3.05) is 0 Å². The van der Waals surface area contributed by atoms with Gasteiger partial charge in [-0.2, -0.15) is 5.26 Å². The largest absolute Gasteiger partial charge is 0.483 e. The van der Waals surface area contributed by atoms with Gasteiger partial charge >= 0.3 is 0 Å². The molecule has 0 fully saturated rings. The Morgan fingerprint density at radius 3 is 1.86 bits per heavy atom. The summed E-state index contributed by atoms with van der Waals surface area (Å²) in [5, 5.41) is 14.2. The number of nitrogens with zero attached hydrogens (tertiary/aromatic N) is 1. The third-order valence-corrected chi connectivity index (χ3v) is 0. The average Bonchev–Trinajstić information content (AvgIpc) is 1.39. The predicted octanol–water partition coefficient (Wildman–Crippen LogP) is -0.594. The molecule has 0 bridgehead atoms. The van der Waals surface area contributed by atoms with Crippen molar-refractivity contribution in [3.63, 3.8) is 0 Å². The minimum Gasteiger partial charge on any atom is -0.483 e. The molecule has 0 aliphatic carbocycles. The maximum absolute atomic E-state index is 8.36. The Balaban J connectivity index is -0.0000000400. The Morgan fingerprint density at radius 1 is 1.86 bits per heavy atom. The van der Waals surface area contributed by atoms with Crippen molar-refractivity contribution in [2.45, 2.75) is 6.92 Å². The van der Waals surface area contributed by atoms with Gasteiger partial charge in [0.2, 0.25) is 0 Å². The molecule has 0 atom stereocenters. The van der Waals surface area contributed by atoms with Crippen molar-refractivity contribution < 1.29 is 15.4 Å². The Hall–Kier alpha value is -1.08. The van der Waals surface area contributed by atoms with Crippen LogP contribution in [-0.4, -0.2) is 17.1 Å². The van der Waals surface area contributed by atoms with Crippen LogP contribution >= 0.6 is 0 Å². The van der Waals surface area contributed by atoms with E-state index >= 15 is 0 Å². The van der Waals surface area contributed by atoms with Crippen molar-refractivity contribution in [2.24, 2.45) is 0 Å². The van der Waals surface area contributed by atoms with E-state index in [4.69, 9.17) is 15.2 Å². The zero-order valence-electron chi connectivity index (χ0n) is 3.88. The van der Waals surface area contributed by atoms with Crippen molar-refractivity contribution >= 4 is 6.47 Å².